The summed E-state index contributed by atoms with van der Waals surface area (Å²) >= 11 is 9.79. The minimum Gasteiger partial charge on any atom is -0.330 e. The van der Waals surface area contributed by atoms with Crippen LogP contribution in [0, 0.1) is 6.92 Å². The van der Waals surface area contributed by atoms with Crippen LogP contribution in [0.5, 0.6) is 0 Å². The fourth-order valence-corrected chi connectivity index (χ4v) is 2.89. The minimum absolute atomic E-state index is 0.241. The number of hydrogen-bond donors (Lipinski definition) is 1. The first-order chi connectivity index (χ1) is 9.02. The van der Waals surface area contributed by atoms with Gasteiger partial charge in [-0.15, -0.1) is 0 Å². The second kappa shape index (κ2) is 6.07. The highest BCUT2D eigenvalue weighted by Gasteiger charge is 2.17. The summed E-state index contributed by atoms with van der Waals surface area (Å²) in [5.41, 5.74) is 9.04. The van der Waals surface area contributed by atoms with Gasteiger partial charge < -0.3 is 5.73 Å². The third-order valence-corrected chi connectivity index (χ3v) is 4.29. The van der Waals surface area contributed by atoms with E-state index in [9.17, 15) is 0 Å². The summed E-state index contributed by atoms with van der Waals surface area (Å²) in [4.78, 5) is 0. The van der Waals surface area contributed by atoms with Crippen molar-refractivity contribution in [3.05, 3.63) is 50.7 Å². The Morgan fingerprint density at radius 1 is 1.47 bits per heavy atom. The summed E-state index contributed by atoms with van der Waals surface area (Å²) in [7, 11) is 1.92. The molecule has 2 aromatic rings. The zero-order valence-corrected chi connectivity index (χ0v) is 13.4. The number of aryl methyl sites for hydroxylation is 2. The summed E-state index contributed by atoms with van der Waals surface area (Å²) < 4.78 is 2.91. The molecule has 0 bridgehead atoms. The maximum atomic E-state index is 6.30. The van der Waals surface area contributed by atoms with Crippen molar-refractivity contribution in [1.29, 1.82) is 0 Å². The molecule has 1 unspecified atom stereocenters. The van der Waals surface area contributed by atoms with Crippen molar-refractivity contribution in [2.24, 2.45) is 12.8 Å². The minimum atomic E-state index is 0.241. The number of halogens is 2. The number of rotatable bonds is 4. The summed E-state index contributed by atoms with van der Waals surface area (Å²) in [5, 5.41) is 5.09. The van der Waals surface area contributed by atoms with E-state index in [1.807, 2.05) is 30.8 Å². The molecule has 0 saturated carbocycles. The van der Waals surface area contributed by atoms with Gasteiger partial charge in [-0.3, -0.25) is 4.68 Å². The van der Waals surface area contributed by atoms with E-state index in [0.717, 1.165) is 27.3 Å². The van der Waals surface area contributed by atoms with Crippen molar-refractivity contribution >= 4 is 27.5 Å². The SMILES string of the molecule is Cc1nn(C)c(CC(CN)c2cccc(Br)c2)c1Cl. The molecule has 0 radical (unpaired) electrons. The number of hydrogen-bond acceptors (Lipinski definition) is 2. The number of nitrogens with zero attached hydrogens (tertiary/aromatic N) is 2. The van der Waals surface area contributed by atoms with Crippen molar-refractivity contribution in [3.63, 3.8) is 0 Å². The van der Waals surface area contributed by atoms with E-state index in [1.54, 1.807) is 0 Å². The molecule has 0 aliphatic carbocycles. The van der Waals surface area contributed by atoms with Gasteiger partial charge in [0.2, 0.25) is 0 Å². The van der Waals surface area contributed by atoms with Crippen LogP contribution in [0.4, 0.5) is 0 Å². The van der Waals surface area contributed by atoms with Gasteiger partial charge in [-0.05, 0) is 37.6 Å². The molecular weight excluding hydrogens is 326 g/mol. The number of nitrogens with two attached hydrogens (primary N) is 1. The standard InChI is InChI=1S/C14H17BrClN3/c1-9-14(16)13(19(2)18-9)7-11(8-17)10-4-3-5-12(15)6-10/h3-6,11H,7-8,17H2,1-2H3. The predicted molar refractivity (Wildman–Crippen MR) is 82.6 cm³/mol. The molecule has 0 fully saturated rings. The normalized spacial score (nSPS) is 12.7. The Morgan fingerprint density at radius 2 is 2.21 bits per heavy atom. The third-order valence-electron chi connectivity index (χ3n) is 3.31. The van der Waals surface area contributed by atoms with Gasteiger partial charge in [0, 0.05) is 17.4 Å². The van der Waals surface area contributed by atoms with Crippen LogP contribution in [0.1, 0.15) is 22.9 Å². The van der Waals surface area contributed by atoms with Crippen LogP contribution in [-0.2, 0) is 13.5 Å². The second-order valence-corrected chi connectivity index (χ2v) is 5.96. The third kappa shape index (κ3) is 3.19. The van der Waals surface area contributed by atoms with Crippen molar-refractivity contribution < 1.29 is 0 Å². The largest absolute Gasteiger partial charge is 0.330 e. The highest BCUT2D eigenvalue weighted by Crippen LogP contribution is 2.27. The van der Waals surface area contributed by atoms with Gasteiger partial charge in [0.05, 0.1) is 16.4 Å². The number of aromatic nitrogens is 2. The van der Waals surface area contributed by atoms with Crippen molar-refractivity contribution in [1.82, 2.24) is 9.78 Å². The van der Waals surface area contributed by atoms with Gasteiger partial charge in [-0.2, -0.15) is 5.10 Å². The summed E-state index contributed by atoms with van der Waals surface area (Å²) in [6.07, 6.45) is 0.795. The maximum absolute atomic E-state index is 6.30. The van der Waals surface area contributed by atoms with Crippen LogP contribution >= 0.6 is 27.5 Å². The summed E-state index contributed by atoms with van der Waals surface area (Å²) in [6.45, 7) is 2.50. The lowest BCUT2D eigenvalue weighted by Gasteiger charge is -2.16. The van der Waals surface area contributed by atoms with Crippen LogP contribution in [0.15, 0.2) is 28.7 Å². The molecule has 1 heterocycles. The van der Waals surface area contributed by atoms with E-state index >= 15 is 0 Å². The first kappa shape index (κ1) is 14.6. The second-order valence-electron chi connectivity index (χ2n) is 4.66. The van der Waals surface area contributed by atoms with E-state index in [1.165, 1.54) is 5.56 Å². The van der Waals surface area contributed by atoms with E-state index < -0.39 is 0 Å². The summed E-state index contributed by atoms with van der Waals surface area (Å²) in [6, 6.07) is 8.24. The Hall–Kier alpha value is -0.840. The van der Waals surface area contributed by atoms with E-state index in [-0.39, 0.29) is 5.92 Å². The van der Waals surface area contributed by atoms with Crippen molar-refractivity contribution in [3.8, 4) is 0 Å². The fourth-order valence-electron chi connectivity index (χ4n) is 2.23. The average molecular weight is 343 g/mol. The van der Waals surface area contributed by atoms with Crippen molar-refractivity contribution in [2.45, 2.75) is 19.3 Å². The molecule has 0 spiro atoms. The lowest BCUT2D eigenvalue weighted by atomic mass is 9.94. The summed E-state index contributed by atoms with van der Waals surface area (Å²) in [5.74, 6) is 0.241. The van der Waals surface area contributed by atoms with Gasteiger partial charge in [-0.1, -0.05) is 39.7 Å². The monoisotopic (exact) mass is 341 g/mol. The van der Waals surface area contributed by atoms with E-state index in [2.05, 4.69) is 33.2 Å². The lowest BCUT2D eigenvalue weighted by Crippen LogP contribution is -2.16. The van der Waals surface area contributed by atoms with Gasteiger partial charge in [0.25, 0.3) is 0 Å². The van der Waals surface area contributed by atoms with Gasteiger partial charge in [0.15, 0.2) is 0 Å². The van der Waals surface area contributed by atoms with Crippen LogP contribution in [0.2, 0.25) is 5.02 Å². The molecular formula is C14H17BrClN3. The molecule has 5 heteroatoms. The molecule has 1 atom stereocenters. The first-order valence-corrected chi connectivity index (χ1v) is 7.33. The number of benzene rings is 1. The Morgan fingerprint density at radius 3 is 2.74 bits per heavy atom. The molecule has 19 heavy (non-hydrogen) atoms. The molecule has 2 rings (SSSR count). The Labute approximate surface area is 126 Å². The van der Waals surface area contributed by atoms with Gasteiger partial charge in [-0.25, -0.2) is 0 Å². The van der Waals surface area contributed by atoms with Gasteiger partial charge >= 0.3 is 0 Å². The highest BCUT2D eigenvalue weighted by atomic mass is 79.9. The zero-order valence-electron chi connectivity index (χ0n) is 11.0. The molecule has 1 aromatic heterocycles. The topological polar surface area (TPSA) is 43.8 Å². The van der Waals surface area contributed by atoms with Crippen LogP contribution in [-0.4, -0.2) is 16.3 Å². The van der Waals surface area contributed by atoms with Crippen LogP contribution < -0.4 is 5.73 Å². The highest BCUT2D eigenvalue weighted by molar-refractivity contribution is 9.10. The zero-order chi connectivity index (χ0) is 14.0. The van der Waals surface area contributed by atoms with E-state index in [0.29, 0.717) is 6.54 Å². The Balaban J connectivity index is 2.29. The van der Waals surface area contributed by atoms with Crippen LogP contribution in [0.25, 0.3) is 0 Å². The Kier molecular flexibility index (Phi) is 4.66. The molecule has 2 N–H and O–H groups in total. The molecule has 3 nitrogen and oxygen atoms in total. The van der Waals surface area contributed by atoms with Crippen LogP contribution in [0.3, 0.4) is 0 Å². The molecule has 0 aliphatic heterocycles. The fraction of sp³-hybridized carbons (Fsp3) is 0.357. The molecule has 0 amide bonds. The molecule has 1 aromatic carbocycles. The lowest BCUT2D eigenvalue weighted by molar-refractivity contribution is 0.629. The predicted octanol–water partition coefficient (Wildman–Crippen LogP) is 3.43. The maximum Gasteiger partial charge on any atom is 0.0847 e. The molecule has 102 valence electrons. The molecule has 0 saturated heterocycles. The quantitative estimate of drug-likeness (QED) is 0.925. The first-order valence-electron chi connectivity index (χ1n) is 6.16. The van der Waals surface area contributed by atoms with Crippen molar-refractivity contribution in [2.75, 3.05) is 6.54 Å². The average Bonchev–Trinajstić information content (AvgIpc) is 2.61. The smallest absolute Gasteiger partial charge is 0.0847 e. The molecule has 0 aliphatic rings. The van der Waals surface area contributed by atoms with E-state index in [4.69, 9.17) is 17.3 Å². The van der Waals surface area contributed by atoms with Gasteiger partial charge in [0.1, 0.15) is 0 Å². The Bertz CT molecular complexity index is 580.